The van der Waals surface area contributed by atoms with Crippen molar-refractivity contribution in [1.82, 2.24) is 15.1 Å². The summed E-state index contributed by atoms with van der Waals surface area (Å²) >= 11 is 0. The SMILES string of the molecule is Cc1c(C(=O)NC(C)CC2CC2)cnn1C1CCCC1. The molecule has 2 fully saturated rings. The van der Waals surface area contributed by atoms with Gasteiger partial charge in [0.05, 0.1) is 17.8 Å². The highest BCUT2D eigenvalue weighted by Gasteiger charge is 2.26. The molecule has 1 aromatic heterocycles. The van der Waals surface area contributed by atoms with Gasteiger partial charge in [0.1, 0.15) is 0 Å². The van der Waals surface area contributed by atoms with Crippen LogP contribution in [0.4, 0.5) is 0 Å². The molecule has 0 bridgehead atoms. The van der Waals surface area contributed by atoms with Crippen LogP contribution in [0.25, 0.3) is 0 Å². The topological polar surface area (TPSA) is 46.9 Å². The Bertz CT molecular complexity index is 484. The van der Waals surface area contributed by atoms with Crippen molar-refractivity contribution in [3.05, 3.63) is 17.5 Å². The molecule has 2 aliphatic carbocycles. The number of carbonyl (C=O) groups excluding carboxylic acids is 1. The lowest BCUT2D eigenvalue weighted by atomic mass is 10.1. The number of nitrogens with zero attached hydrogens (tertiary/aromatic N) is 2. The first-order chi connectivity index (χ1) is 9.65. The van der Waals surface area contributed by atoms with Crippen LogP contribution in [0, 0.1) is 12.8 Å². The second-order valence-electron chi connectivity index (χ2n) is 6.58. The summed E-state index contributed by atoms with van der Waals surface area (Å²) in [5, 5.41) is 7.58. The van der Waals surface area contributed by atoms with E-state index in [0.29, 0.717) is 6.04 Å². The zero-order valence-electron chi connectivity index (χ0n) is 12.6. The van der Waals surface area contributed by atoms with Crippen LogP contribution in [-0.2, 0) is 0 Å². The molecule has 1 aromatic rings. The second kappa shape index (κ2) is 5.58. The van der Waals surface area contributed by atoms with Crippen LogP contribution in [0.2, 0.25) is 0 Å². The highest BCUT2D eigenvalue weighted by molar-refractivity contribution is 5.95. The normalized spacial score (nSPS) is 21.1. The maximum absolute atomic E-state index is 12.3. The first kappa shape index (κ1) is 13.7. The monoisotopic (exact) mass is 275 g/mol. The van der Waals surface area contributed by atoms with Crippen molar-refractivity contribution in [3.63, 3.8) is 0 Å². The minimum atomic E-state index is 0.0416. The summed E-state index contributed by atoms with van der Waals surface area (Å²) in [7, 11) is 0. The number of hydrogen-bond donors (Lipinski definition) is 1. The van der Waals surface area contributed by atoms with E-state index < -0.39 is 0 Å². The van der Waals surface area contributed by atoms with Crippen molar-refractivity contribution in [3.8, 4) is 0 Å². The number of rotatable bonds is 5. The summed E-state index contributed by atoms with van der Waals surface area (Å²) in [5.74, 6) is 0.882. The summed E-state index contributed by atoms with van der Waals surface area (Å²) in [5.41, 5.74) is 1.77. The van der Waals surface area contributed by atoms with E-state index in [1.54, 1.807) is 6.20 Å². The van der Waals surface area contributed by atoms with Crippen LogP contribution in [-0.4, -0.2) is 21.7 Å². The Balaban J connectivity index is 1.64. The lowest BCUT2D eigenvalue weighted by Gasteiger charge is -2.14. The summed E-state index contributed by atoms with van der Waals surface area (Å²) in [6.07, 6.45) is 10.5. The van der Waals surface area contributed by atoms with Gasteiger partial charge in [-0.3, -0.25) is 9.48 Å². The summed E-state index contributed by atoms with van der Waals surface area (Å²) in [6.45, 7) is 4.12. The molecule has 0 aliphatic heterocycles. The van der Waals surface area contributed by atoms with Crippen LogP contribution in [0.1, 0.15) is 74.0 Å². The van der Waals surface area contributed by atoms with Crippen LogP contribution in [0.3, 0.4) is 0 Å². The standard InChI is InChI=1S/C16H25N3O/c1-11(9-13-7-8-13)18-16(20)15-10-17-19(12(15)2)14-5-3-4-6-14/h10-11,13-14H,3-9H2,1-2H3,(H,18,20). The molecule has 2 saturated carbocycles. The number of hydrogen-bond acceptors (Lipinski definition) is 2. The van der Waals surface area contributed by atoms with Crippen molar-refractivity contribution in [1.29, 1.82) is 0 Å². The predicted molar refractivity (Wildman–Crippen MR) is 78.7 cm³/mol. The van der Waals surface area contributed by atoms with Gasteiger partial charge in [0.15, 0.2) is 0 Å². The predicted octanol–water partition coefficient (Wildman–Crippen LogP) is 3.23. The largest absolute Gasteiger partial charge is 0.349 e. The van der Waals surface area contributed by atoms with E-state index in [1.165, 1.54) is 38.5 Å². The molecule has 3 rings (SSSR count). The third kappa shape index (κ3) is 2.89. The molecule has 1 unspecified atom stereocenters. The number of nitrogens with one attached hydrogen (secondary N) is 1. The zero-order chi connectivity index (χ0) is 14.1. The van der Waals surface area contributed by atoms with Gasteiger partial charge >= 0.3 is 0 Å². The summed E-state index contributed by atoms with van der Waals surface area (Å²) in [6, 6.07) is 0.768. The first-order valence-electron chi connectivity index (χ1n) is 8.00. The van der Waals surface area contributed by atoms with E-state index in [9.17, 15) is 4.79 Å². The van der Waals surface area contributed by atoms with Crippen LogP contribution < -0.4 is 5.32 Å². The fourth-order valence-corrected chi connectivity index (χ4v) is 3.38. The average Bonchev–Trinajstić information content (AvgIpc) is 2.91. The Morgan fingerprint density at radius 3 is 2.75 bits per heavy atom. The lowest BCUT2D eigenvalue weighted by molar-refractivity contribution is 0.0936. The van der Waals surface area contributed by atoms with Crippen molar-refractivity contribution >= 4 is 5.91 Å². The van der Waals surface area contributed by atoms with E-state index in [-0.39, 0.29) is 11.9 Å². The van der Waals surface area contributed by atoms with E-state index in [0.717, 1.165) is 23.6 Å². The second-order valence-corrected chi connectivity index (χ2v) is 6.58. The van der Waals surface area contributed by atoms with Gasteiger partial charge in [-0.05, 0) is 39.0 Å². The van der Waals surface area contributed by atoms with Crippen LogP contribution in [0.5, 0.6) is 0 Å². The van der Waals surface area contributed by atoms with Gasteiger partial charge in [0.25, 0.3) is 5.91 Å². The van der Waals surface area contributed by atoms with Crippen LogP contribution >= 0.6 is 0 Å². The molecule has 4 nitrogen and oxygen atoms in total. The van der Waals surface area contributed by atoms with E-state index in [1.807, 2.05) is 6.92 Å². The lowest BCUT2D eigenvalue weighted by Crippen LogP contribution is -2.33. The maximum Gasteiger partial charge on any atom is 0.254 e. The molecule has 4 heteroatoms. The van der Waals surface area contributed by atoms with Crippen molar-refractivity contribution in [2.45, 2.75) is 70.9 Å². The minimum absolute atomic E-state index is 0.0416. The molecule has 2 aliphatic rings. The average molecular weight is 275 g/mol. The number of carbonyl (C=O) groups is 1. The van der Waals surface area contributed by atoms with Crippen molar-refractivity contribution in [2.24, 2.45) is 5.92 Å². The van der Waals surface area contributed by atoms with Crippen molar-refractivity contribution in [2.75, 3.05) is 0 Å². The van der Waals surface area contributed by atoms with Gasteiger partial charge in [-0.1, -0.05) is 25.7 Å². The molecular formula is C16H25N3O. The van der Waals surface area contributed by atoms with Gasteiger partial charge in [-0.25, -0.2) is 0 Å². The summed E-state index contributed by atoms with van der Waals surface area (Å²) < 4.78 is 2.06. The van der Waals surface area contributed by atoms with Gasteiger partial charge in [-0.15, -0.1) is 0 Å². The molecule has 110 valence electrons. The van der Waals surface area contributed by atoms with Gasteiger partial charge < -0.3 is 5.32 Å². The molecule has 1 amide bonds. The van der Waals surface area contributed by atoms with E-state index >= 15 is 0 Å². The molecule has 0 saturated heterocycles. The third-order valence-electron chi connectivity index (χ3n) is 4.72. The molecule has 0 spiro atoms. The Kier molecular flexibility index (Phi) is 3.81. The fourth-order valence-electron chi connectivity index (χ4n) is 3.38. The number of aromatic nitrogens is 2. The Hall–Kier alpha value is -1.32. The first-order valence-corrected chi connectivity index (χ1v) is 8.00. The minimum Gasteiger partial charge on any atom is -0.349 e. The third-order valence-corrected chi connectivity index (χ3v) is 4.72. The van der Waals surface area contributed by atoms with Gasteiger partial charge in [0.2, 0.25) is 0 Å². The molecule has 20 heavy (non-hydrogen) atoms. The number of amides is 1. The van der Waals surface area contributed by atoms with Crippen molar-refractivity contribution < 1.29 is 4.79 Å². The van der Waals surface area contributed by atoms with E-state index in [2.05, 4.69) is 22.0 Å². The van der Waals surface area contributed by atoms with Crippen LogP contribution in [0.15, 0.2) is 6.20 Å². The highest BCUT2D eigenvalue weighted by Crippen LogP contribution is 2.33. The molecule has 1 N–H and O–H groups in total. The van der Waals surface area contributed by atoms with Gasteiger partial charge in [0, 0.05) is 11.7 Å². The van der Waals surface area contributed by atoms with Gasteiger partial charge in [-0.2, -0.15) is 5.10 Å². The highest BCUT2D eigenvalue weighted by atomic mass is 16.1. The molecule has 0 radical (unpaired) electrons. The molecule has 0 aromatic carbocycles. The maximum atomic E-state index is 12.3. The molecule has 1 atom stereocenters. The molecule has 1 heterocycles. The Morgan fingerprint density at radius 2 is 2.10 bits per heavy atom. The fraction of sp³-hybridized carbons (Fsp3) is 0.750. The quantitative estimate of drug-likeness (QED) is 0.897. The zero-order valence-corrected chi connectivity index (χ0v) is 12.6. The Morgan fingerprint density at radius 1 is 1.40 bits per heavy atom. The van der Waals surface area contributed by atoms with E-state index in [4.69, 9.17) is 0 Å². The molecular weight excluding hydrogens is 250 g/mol. The Labute approximate surface area is 120 Å². The smallest absolute Gasteiger partial charge is 0.254 e. The summed E-state index contributed by atoms with van der Waals surface area (Å²) in [4.78, 5) is 12.3.